The van der Waals surface area contributed by atoms with Crippen molar-refractivity contribution in [3.05, 3.63) is 45.6 Å². The van der Waals surface area contributed by atoms with Crippen LogP contribution >= 0.6 is 11.3 Å². The molecule has 4 rings (SSSR count). The molecule has 1 aliphatic carbocycles. The molecule has 1 saturated heterocycles. The summed E-state index contributed by atoms with van der Waals surface area (Å²) in [5.74, 6) is 1.29. The lowest BCUT2D eigenvalue weighted by Gasteiger charge is -2.31. The first-order valence-corrected chi connectivity index (χ1v) is 15.0. The molecule has 1 unspecified atom stereocenters. The van der Waals surface area contributed by atoms with Gasteiger partial charge in [-0.2, -0.15) is 0 Å². The van der Waals surface area contributed by atoms with Crippen molar-refractivity contribution in [1.82, 2.24) is 15.1 Å². The minimum Gasteiger partial charge on any atom is -0.493 e. The van der Waals surface area contributed by atoms with Gasteiger partial charge in [0.2, 0.25) is 5.91 Å². The van der Waals surface area contributed by atoms with Crippen molar-refractivity contribution in [3.8, 4) is 11.5 Å². The van der Waals surface area contributed by atoms with E-state index in [0.29, 0.717) is 44.2 Å². The SMILES string of the molecule is COc1ccc(CCN(Cc2ccc(C)s2)C(=O)CN(CC2CCCO2)C(=O)NC2CCCCC2)cc1OC. The fraction of sp³-hybridized carbons (Fsp3) is 0.600. The van der Waals surface area contributed by atoms with Crippen LogP contribution in [0.3, 0.4) is 0 Å². The summed E-state index contributed by atoms with van der Waals surface area (Å²) in [5.41, 5.74) is 1.05. The van der Waals surface area contributed by atoms with E-state index in [0.717, 1.165) is 49.0 Å². The van der Waals surface area contributed by atoms with Crippen molar-refractivity contribution in [3.63, 3.8) is 0 Å². The number of nitrogens with one attached hydrogen (secondary N) is 1. The zero-order valence-corrected chi connectivity index (χ0v) is 24.4. The number of carbonyl (C=O) groups is 2. The molecular weight excluding hydrogens is 514 g/mol. The summed E-state index contributed by atoms with van der Waals surface area (Å²) in [6.07, 6.45) is 8.06. The molecular formula is C30H43N3O5S. The van der Waals surface area contributed by atoms with Crippen LogP contribution in [-0.2, 0) is 22.5 Å². The van der Waals surface area contributed by atoms with E-state index >= 15 is 0 Å². The Labute approximate surface area is 236 Å². The van der Waals surface area contributed by atoms with Gasteiger partial charge >= 0.3 is 6.03 Å². The minimum absolute atomic E-state index is 0.0185. The number of urea groups is 1. The minimum atomic E-state index is -0.155. The van der Waals surface area contributed by atoms with E-state index in [-0.39, 0.29) is 30.6 Å². The molecule has 1 N–H and O–H groups in total. The van der Waals surface area contributed by atoms with Crippen molar-refractivity contribution >= 4 is 23.3 Å². The number of ether oxygens (including phenoxy) is 3. The predicted molar refractivity (Wildman–Crippen MR) is 154 cm³/mol. The molecule has 2 fully saturated rings. The Hall–Kier alpha value is -2.78. The molecule has 1 atom stereocenters. The maximum Gasteiger partial charge on any atom is 0.318 e. The number of hydrogen-bond donors (Lipinski definition) is 1. The number of thiophene rings is 1. The average molecular weight is 558 g/mol. The Balaban J connectivity index is 1.47. The van der Waals surface area contributed by atoms with Gasteiger partial charge in [-0.25, -0.2) is 4.79 Å². The Kier molecular flexibility index (Phi) is 10.9. The molecule has 214 valence electrons. The van der Waals surface area contributed by atoms with Crippen molar-refractivity contribution in [2.24, 2.45) is 0 Å². The average Bonchev–Trinajstić information content (AvgIpc) is 3.62. The number of methoxy groups -OCH3 is 2. The molecule has 0 bridgehead atoms. The van der Waals surface area contributed by atoms with Crippen molar-refractivity contribution in [2.45, 2.75) is 77.0 Å². The number of rotatable bonds is 12. The van der Waals surface area contributed by atoms with E-state index < -0.39 is 0 Å². The number of amides is 3. The van der Waals surface area contributed by atoms with Crippen LogP contribution in [0.1, 0.15) is 60.3 Å². The molecule has 1 saturated carbocycles. The molecule has 9 heteroatoms. The highest BCUT2D eigenvalue weighted by Gasteiger charge is 2.28. The van der Waals surface area contributed by atoms with Crippen LogP contribution < -0.4 is 14.8 Å². The van der Waals surface area contributed by atoms with E-state index in [2.05, 4.69) is 24.4 Å². The highest BCUT2D eigenvalue weighted by molar-refractivity contribution is 7.11. The number of hydrogen-bond acceptors (Lipinski definition) is 6. The van der Waals surface area contributed by atoms with Crippen molar-refractivity contribution < 1.29 is 23.8 Å². The van der Waals surface area contributed by atoms with Gasteiger partial charge in [0, 0.05) is 35.5 Å². The summed E-state index contributed by atoms with van der Waals surface area (Å²) in [6, 6.07) is 10.0. The third-order valence-corrected chi connectivity index (χ3v) is 8.59. The van der Waals surface area contributed by atoms with Gasteiger partial charge in [0.15, 0.2) is 11.5 Å². The van der Waals surface area contributed by atoms with Gasteiger partial charge in [0.25, 0.3) is 0 Å². The second-order valence-corrected chi connectivity index (χ2v) is 11.9. The fourth-order valence-electron chi connectivity index (χ4n) is 5.38. The summed E-state index contributed by atoms with van der Waals surface area (Å²) in [7, 11) is 3.24. The Morgan fingerprint density at radius 1 is 1.00 bits per heavy atom. The van der Waals surface area contributed by atoms with Gasteiger partial charge in [-0.15, -0.1) is 11.3 Å². The quantitative estimate of drug-likeness (QED) is 0.390. The van der Waals surface area contributed by atoms with E-state index in [1.165, 1.54) is 11.3 Å². The Morgan fingerprint density at radius 2 is 1.79 bits per heavy atom. The maximum absolute atomic E-state index is 13.8. The highest BCUT2D eigenvalue weighted by Crippen LogP contribution is 2.28. The van der Waals surface area contributed by atoms with Crippen molar-refractivity contribution in [2.75, 3.05) is 40.5 Å². The summed E-state index contributed by atoms with van der Waals surface area (Å²) in [6.45, 7) is 4.31. The number of carbonyl (C=O) groups excluding carboxylic acids is 2. The third-order valence-electron chi connectivity index (χ3n) is 7.61. The van der Waals surface area contributed by atoms with Crippen LogP contribution in [0.15, 0.2) is 30.3 Å². The second-order valence-electron chi connectivity index (χ2n) is 10.6. The van der Waals surface area contributed by atoms with Gasteiger partial charge < -0.3 is 29.3 Å². The molecule has 39 heavy (non-hydrogen) atoms. The van der Waals surface area contributed by atoms with Crippen LogP contribution in [0.5, 0.6) is 11.5 Å². The normalized spacial score (nSPS) is 17.6. The van der Waals surface area contributed by atoms with Crippen LogP contribution in [0.2, 0.25) is 0 Å². The molecule has 2 aliphatic rings. The summed E-state index contributed by atoms with van der Waals surface area (Å²) >= 11 is 1.70. The maximum atomic E-state index is 13.8. The lowest BCUT2D eigenvalue weighted by Crippen LogP contribution is -2.51. The Bertz CT molecular complexity index is 1080. The molecule has 0 spiro atoms. The highest BCUT2D eigenvalue weighted by atomic mass is 32.1. The van der Waals surface area contributed by atoms with Gasteiger partial charge in [0.05, 0.1) is 26.9 Å². The largest absolute Gasteiger partial charge is 0.493 e. The molecule has 2 heterocycles. The number of aryl methyl sites for hydroxylation is 1. The fourth-order valence-corrected chi connectivity index (χ4v) is 6.29. The standard InChI is InChI=1S/C30H43N3O5S/c1-22-11-13-26(39-22)20-32(16-15-23-12-14-27(36-2)28(18-23)37-3)29(34)21-33(19-25-10-7-17-38-25)30(35)31-24-8-5-4-6-9-24/h11-14,18,24-25H,4-10,15-17,19-21H2,1-3H3,(H,31,35). The summed E-state index contributed by atoms with van der Waals surface area (Å²) < 4.78 is 16.7. The van der Waals surface area contributed by atoms with Gasteiger partial charge in [-0.3, -0.25) is 4.79 Å². The van der Waals surface area contributed by atoms with Crippen molar-refractivity contribution in [1.29, 1.82) is 0 Å². The number of nitrogens with zero attached hydrogens (tertiary/aromatic N) is 2. The molecule has 2 aromatic rings. The summed E-state index contributed by atoms with van der Waals surface area (Å²) in [5, 5.41) is 3.21. The molecule has 1 aromatic carbocycles. The molecule has 0 radical (unpaired) electrons. The van der Waals surface area contributed by atoms with E-state index in [1.807, 2.05) is 23.1 Å². The molecule has 8 nitrogen and oxygen atoms in total. The molecule has 3 amide bonds. The molecule has 1 aromatic heterocycles. The third kappa shape index (κ3) is 8.60. The van der Waals surface area contributed by atoms with Crippen LogP contribution in [0.25, 0.3) is 0 Å². The van der Waals surface area contributed by atoms with Gasteiger partial charge in [0.1, 0.15) is 6.54 Å². The first-order valence-electron chi connectivity index (χ1n) is 14.2. The smallest absolute Gasteiger partial charge is 0.318 e. The van der Waals surface area contributed by atoms with Crippen LogP contribution in [0.4, 0.5) is 4.79 Å². The molecule has 1 aliphatic heterocycles. The zero-order valence-electron chi connectivity index (χ0n) is 23.6. The van der Waals surface area contributed by atoms with E-state index in [4.69, 9.17) is 14.2 Å². The van der Waals surface area contributed by atoms with Crippen LogP contribution in [-0.4, -0.2) is 74.3 Å². The van der Waals surface area contributed by atoms with Gasteiger partial charge in [-0.1, -0.05) is 25.3 Å². The first-order chi connectivity index (χ1) is 18.9. The van der Waals surface area contributed by atoms with Crippen LogP contribution in [0, 0.1) is 6.92 Å². The first kappa shape index (κ1) is 29.2. The second kappa shape index (κ2) is 14.6. The lowest BCUT2D eigenvalue weighted by molar-refractivity contribution is -0.132. The topological polar surface area (TPSA) is 80.3 Å². The Morgan fingerprint density at radius 3 is 2.46 bits per heavy atom. The lowest BCUT2D eigenvalue weighted by atomic mass is 9.96. The monoisotopic (exact) mass is 557 g/mol. The van der Waals surface area contributed by atoms with E-state index in [9.17, 15) is 9.59 Å². The number of benzene rings is 1. The predicted octanol–water partition coefficient (Wildman–Crippen LogP) is 5.17. The van der Waals surface area contributed by atoms with E-state index in [1.54, 1.807) is 30.5 Å². The summed E-state index contributed by atoms with van der Waals surface area (Å²) in [4.78, 5) is 33.1. The zero-order chi connectivity index (χ0) is 27.6. The van der Waals surface area contributed by atoms with Gasteiger partial charge in [-0.05, 0) is 68.9 Å².